The van der Waals surface area contributed by atoms with Crippen LogP contribution in [0.25, 0.3) is 0 Å². The number of halogens is 1. The molecule has 2 atom stereocenters. The summed E-state index contributed by atoms with van der Waals surface area (Å²) in [6.45, 7) is 0. The van der Waals surface area contributed by atoms with Gasteiger partial charge in [0.25, 0.3) is 0 Å². The quantitative estimate of drug-likeness (QED) is 0.933. The SMILES string of the molecule is CN(C(=O)[C@H]1CCCc2[nH]ncc21)[C@H](c1ccc(F)cc1)C1CC1. The van der Waals surface area contributed by atoms with E-state index in [0.717, 1.165) is 48.9 Å². The molecule has 1 aromatic heterocycles. The molecule has 0 aliphatic heterocycles. The summed E-state index contributed by atoms with van der Waals surface area (Å²) in [6.07, 6.45) is 6.89. The molecule has 24 heavy (non-hydrogen) atoms. The van der Waals surface area contributed by atoms with E-state index in [1.807, 2.05) is 24.1 Å². The zero-order chi connectivity index (χ0) is 16.7. The van der Waals surface area contributed by atoms with Gasteiger partial charge in [-0.2, -0.15) is 5.10 Å². The Hall–Kier alpha value is -2.17. The largest absolute Gasteiger partial charge is 0.338 e. The Labute approximate surface area is 141 Å². The normalized spacial score (nSPS) is 21.2. The molecule has 2 aromatic rings. The van der Waals surface area contributed by atoms with Gasteiger partial charge in [-0.3, -0.25) is 9.89 Å². The molecule has 1 saturated carbocycles. The second-order valence-electron chi connectivity index (χ2n) is 7.03. The molecule has 0 saturated heterocycles. The van der Waals surface area contributed by atoms with E-state index in [1.165, 1.54) is 12.1 Å². The minimum absolute atomic E-state index is 0.0374. The standard InChI is InChI=1S/C19H22FN3O/c1-23(18(12-5-6-12)13-7-9-14(20)10-8-13)19(24)15-3-2-4-17-16(15)11-21-22-17/h7-12,15,18H,2-6H2,1H3,(H,21,22)/t15-,18-/m0/s1. The molecule has 1 N–H and O–H groups in total. The van der Waals surface area contributed by atoms with Gasteiger partial charge in [-0.1, -0.05) is 12.1 Å². The van der Waals surface area contributed by atoms with E-state index in [4.69, 9.17) is 0 Å². The molecule has 1 fully saturated rings. The van der Waals surface area contributed by atoms with Gasteiger partial charge in [0.15, 0.2) is 0 Å². The van der Waals surface area contributed by atoms with Crippen molar-refractivity contribution in [3.05, 3.63) is 53.1 Å². The molecule has 4 rings (SSSR count). The number of carbonyl (C=O) groups excluding carboxylic acids is 1. The topological polar surface area (TPSA) is 49.0 Å². The number of aromatic nitrogens is 2. The fraction of sp³-hybridized carbons (Fsp3) is 0.474. The van der Waals surface area contributed by atoms with Gasteiger partial charge in [-0.25, -0.2) is 4.39 Å². The molecule has 2 aliphatic carbocycles. The number of aryl methyl sites for hydroxylation is 1. The van der Waals surface area contributed by atoms with Crippen LogP contribution in [0.1, 0.15) is 54.5 Å². The molecule has 0 unspecified atom stereocenters. The maximum absolute atomic E-state index is 13.3. The zero-order valence-corrected chi connectivity index (χ0v) is 13.8. The van der Waals surface area contributed by atoms with Crippen molar-refractivity contribution in [2.75, 3.05) is 7.05 Å². The molecule has 1 amide bonds. The van der Waals surface area contributed by atoms with E-state index in [9.17, 15) is 9.18 Å². The van der Waals surface area contributed by atoms with Crippen LogP contribution in [0.4, 0.5) is 4.39 Å². The lowest BCUT2D eigenvalue weighted by Crippen LogP contribution is -2.37. The first kappa shape index (κ1) is 15.4. The van der Waals surface area contributed by atoms with E-state index in [2.05, 4.69) is 10.2 Å². The van der Waals surface area contributed by atoms with Crippen molar-refractivity contribution in [3.8, 4) is 0 Å². The molecule has 126 valence electrons. The van der Waals surface area contributed by atoms with E-state index in [1.54, 1.807) is 6.20 Å². The van der Waals surface area contributed by atoms with E-state index < -0.39 is 0 Å². The van der Waals surface area contributed by atoms with Crippen LogP contribution < -0.4 is 0 Å². The smallest absolute Gasteiger partial charge is 0.230 e. The van der Waals surface area contributed by atoms with Gasteiger partial charge in [0, 0.05) is 18.3 Å². The molecule has 0 spiro atoms. The number of aromatic amines is 1. The zero-order valence-electron chi connectivity index (χ0n) is 13.8. The van der Waals surface area contributed by atoms with Crippen LogP contribution in [-0.4, -0.2) is 28.1 Å². The number of H-pyrrole nitrogens is 1. The van der Waals surface area contributed by atoms with Crippen LogP contribution in [-0.2, 0) is 11.2 Å². The molecule has 0 radical (unpaired) electrons. The van der Waals surface area contributed by atoms with Gasteiger partial charge in [-0.05, 0) is 55.7 Å². The molecule has 0 bridgehead atoms. The van der Waals surface area contributed by atoms with Gasteiger partial charge < -0.3 is 4.90 Å². The maximum atomic E-state index is 13.3. The Bertz CT molecular complexity index is 735. The summed E-state index contributed by atoms with van der Waals surface area (Å²) in [4.78, 5) is 15.1. The summed E-state index contributed by atoms with van der Waals surface area (Å²) >= 11 is 0. The van der Waals surface area contributed by atoms with Crippen molar-refractivity contribution in [3.63, 3.8) is 0 Å². The van der Waals surface area contributed by atoms with Crippen LogP contribution >= 0.6 is 0 Å². The average molecular weight is 327 g/mol. The number of rotatable bonds is 4. The van der Waals surface area contributed by atoms with Gasteiger partial charge >= 0.3 is 0 Å². The van der Waals surface area contributed by atoms with Crippen molar-refractivity contribution < 1.29 is 9.18 Å². The number of amides is 1. The predicted octanol–water partition coefficient (Wildman–Crippen LogP) is 3.58. The Morgan fingerprint density at radius 2 is 2.04 bits per heavy atom. The third kappa shape index (κ3) is 2.72. The first-order valence-corrected chi connectivity index (χ1v) is 8.69. The molecule has 1 aromatic carbocycles. The average Bonchev–Trinajstić information content (AvgIpc) is 3.30. The Kier molecular flexibility index (Phi) is 3.87. The summed E-state index contributed by atoms with van der Waals surface area (Å²) in [5.41, 5.74) is 3.17. The molecular weight excluding hydrogens is 305 g/mol. The minimum Gasteiger partial charge on any atom is -0.338 e. The summed E-state index contributed by atoms with van der Waals surface area (Å²) in [7, 11) is 1.89. The Balaban J connectivity index is 1.60. The lowest BCUT2D eigenvalue weighted by Gasteiger charge is -2.33. The monoisotopic (exact) mass is 327 g/mol. The maximum Gasteiger partial charge on any atom is 0.230 e. The van der Waals surface area contributed by atoms with Crippen molar-refractivity contribution >= 4 is 5.91 Å². The number of hydrogen-bond acceptors (Lipinski definition) is 2. The fourth-order valence-electron chi connectivity index (χ4n) is 3.98. The Morgan fingerprint density at radius 1 is 1.29 bits per heavy atom. The minimum atomic E-state index is -0.238. The van der Waals surface area contributed by atoms with Crippen molar-refractivity contribution in [2.24, 2.45) is 5.92 Å². The number of nitrogens with zero attached hydrogens (tertiary/aromatic N) is 2. The molecule has 2 aliphatic rings. The number of likely N-dealkylation sites (N-methyl/N-ethyl adjacent to an activating group) is 1. The lowest BCUT2D eigenvalue weighted by atomic mass is 9.85. The van der Waals surface area contributed by atoms with Crippen molar-refractivity contribution in [2.45, 2.75) is 44.1 Å². The summed E-state index contributed by atoms with van der Waals surface area (Å²) < 4.78 is 13.3. The Morgan fingerprint density at radius 3 is 2.75 bits per heavy atom. The fourth-order valence-corrected chi connectivity index (χ4v) is 3.98. The van der Waals surface area contributed by atoms with Gasteiger partial charge in [0.05, 0.1) is 18.2 Å². The second kappa shape index (κ2) is 6.04. The summed E-state index contributed by atoms with van der Waals surface area (Å²) in [5, 5.41) is 7.14. The van der Waals surface area contributed by atoms with Crippen molar-refractivity contribution in [1.29, 1.82) is 0 Å². The number of nitrogens with one attached hydrogen (secondary N) is 1. The van der Waals surface area contributed by atoms with Crippen LogP contribution in [0.2, 0.25) is 0 Å². The van der Waals surface area contributed by atoms with E-state index >= 15 is 0 Å². The molecule has 5 heteroatoms. The first-order chi connectivity index (χ1) is 11.6. The van der Waals surface area contributed by atoms with Crippen LogP contribution in [0, 0.1) is 11.7 Å². The second-order valence-corrected chi connectivity index (χ2v) is 7.03. The number of fused-ring (bicyclic) bond motifs is 1. The first-order valence-electron chi connectivity index (χ1n) is 8.69. The highest BCUT2D eigenvalue weighted by atomic mass is 19.1. The van der Waals surface area contributed by atoms with Crippen LogP contribution in [0.3, 0.4) is 0 Å². The summed E-state index contributed by atoms with van der Waals surface area (Å²) in [5.74, 6) is 0.284. The number of hydrogen-bond donors (Lipinski definition) is 1. The number of benzene rings is 1. The molecular formula is C19H22FN3O. The van der Waals surface area contributed by atoms with Gasteiger partial charge in [0.1, 0.15) is 5.82 Å². The summed E-state index contributed by atoms with van der Waals surface area (Å²) in [6, 6.07) is 6.63. The third-order valence-corrected chi connectivity index (χ3v) is 5.39. The van der Waals surface area contributed by atoms with Crippen molar-refractivity contribution in [1.82, 2.24) is 15.1 Å². The van der Waals surface area contributed by atoms with E-state index in [0.29, 0.717) is 5.92 Å². The number of carbonyl (C=O) groups is 1. The predicted molar refractivity (Wildman–Crippen MR) is 88.9 cm³/mol. The molecule has 4 nitrogen and oxygen atoms in total. The molecule has 1 heterocycles. The lowest BCUT2D eigenvalue weighted by molar-refractivity contribution is -0.134. The van der Waals surface area contributed by atoms with Gasteiger partial charge in [0.2, 0.25) is 5.91 Å². The highest BCUT2D eigenvalue weighted by Gasteiger charge is 2.39. The van der Waals surface area contributed by atoms with Crippen LogP contribution in [0.5, 0.6) is 0 Å². The van der Waals surface area contributed by atoms with Crippen LogP contribution in [0.15, 0.2) is 30.5 Å². The van der Waals surface area contributed by atoms with E-state index in [-0.39, 0.29) is 23.7 Å². The highest BCUT2D eigenvalue weighted by molar-refractivity contribution is 5.84. The third-order valence-electron chi connectivity index (χ3n) is 5.39. The highest BCUT2D eigenvalue weighted by Crippen LogP contribution is 2.45. The van der Waals surface area contributed by atoms with Gasteiger partial charge in [-0.15, -0.1) is 0 Å².